The Morgan fingerprint density at radius 1 is 0.968 bits per heavy atom. The largest absolute Gasteiger partial charge is 0.394 e. The molecule has 176 valence electrons. The number of benzene rings is 1. The minimum absolute atomic E-state index is 0.185. The van der Waals surface area contributed by atoms with Gasteiger partial charge in [0, 0.05) is 6.42 Å². The van der Waals surface area contributed by atoms with Gasteiger partial charge in [0.05, 0.1) is 13.2 Å². The maximum Gasteiger partial charge on any atom is 0.187 e. The third-order valence-electron chi connectivity index (χ3n) is 5.84. The third-order valence-corrected chi connectivity index (χ3v) is 5.84. The van der Waals surface area contributed by atoms with Gasteiger partial charge in [-0.3, -0.25) is 5.73 Å². The Balaban J connectivity index is 1.90. The highest BCUT2D eigenvalue weighted by Crippen LogP contribution is 2.39. The first kappa shape index (κ1) is 24.4. The van der Waals surface area contributed by atoms with Crippen LogP contribution >= 0.6 is 0 Å². The molecular weight excluding hydrogens is 418 g/mol. The van der Waals surface area contributed by atoms with E-state index in [0.717, 1.165) is 0 Å². The molecule has 0 saturated carbocycles. The minimum Gasteiger partial charge on any atom is -0.394 e. The Kier molecular flexibility index (Phi) is 7.32. The number of ether oxygens (including phenoxy) is 3. The summed E-state index contributed by atoms with van der Waals surface area (Å²) >= 11 is 0. The molecule has 0 unspecified atom stereocenters. The van der Waals surface area contributed by atoms with Crippen molar-refractivity contribution in [1.29, 1.82) is 0 Å². The first-order valence-electron chi connectivity index (χ1n) is 9.74. The fraction of sp³-hybridized carbons (Fsp3) is 0.684. The summed E-state index contributed by atoms with van der Waals surface area (Å²) in [7, 11) is 0. The molecule has 31 heavy (non-hydrogen) atoms. The summed E-state index contributed by atoms with van der Waals surface area (Å²) in [5, 5.41) is 81.1. The molecule has 0 bridgehead atoms. The van der Waals surface area contributed by atoms with Gasteiger partial charge in [-0.05, 0) is 5.56 Å². The standard InChI is InChI=1S/C19H29NO11/c20-19(28)15(26)13(25)17(30-14-10(7-21)29-16(27)12(24)11(14)23)31-18(19,8-22)6-9-4-2-1-3-5-9/h1-5,10-17,21-28H,6-8,20H2/t10-,11-,12-,13-,14-,15+,16-,17+,18-,19-/m1/s1. The summed E-state index contributed by atoms with van der Waals surface area (Å²) in [6.07, 6.45) is -14.1. The van der Waals surface area contributed by atoms with Gasteiger partial charge >= 0.3 is 0 Å². The molecule has 10 N–H and O–H groups in total. The average Bonchev–Trinajstić information content (AvgIpc) is 2.76. The lowest BCUT2D eigenvalue weighted by Gasteiger charge is -2.54. The van der Waals surface area contributed by atoms with E-state index in [4.69, 9.17) is 19.9 Å². The van der Waals surface area contributed by atoms with Gasteiger partial charge in [0.25, 0.3) is 0 Å². The average molecular weight is 447 g/mol. The van der Waals surface area contributed by atoms with Crippen LogP contribution in [0, 0.1) is 0 Å². The molecule has 0 aliphatic carbocycles. The molecule has 2 fully saturated rings. The summed E-state index contributed by atoms with van der Waals surface area (Å²) in [5.74, 6) is 0. The normalized spacial score (nSPS) is 46.1. The highest BCUT2D eigenvalue weighted by molar-refractivity contribution is 5.21. The summed E-state index contributed by atoms with van der Waals surface area (Å²) in [6.45, 7) is -1.61. The highest BCUT2D eigenvalue weighted by Gasteiger charge is 2.63. The van der Waals surface area contributed by atoms with Crippen molar-refractivity contribution >= 4 is 0 Å². The first-order chi connectivity index (χ1) is 14.6. The lowest BCUT2D eigenvalue weighted by Crippen LogP contribution is -2.79. The van der Waals surface area contributed by atoms with Crippen LogP contribution in [0.5, 0.6) is 0 Å². The van der Waals surface area contributed by atoms with Crippen LogP contribution < -0.4 is 5.73 Å². The fourth-order valence-corrected chi connectivity index (χ4v) is 3.89. The summed E-state index contributed by atoms with van der Waals surface area (Å²) in [4.78, 5) is 0. The Morgan fingerprint density at radius 2 is 1.61 bits per heavy atom. The van der Waals surface area contributed by atoms with Gasteiger partial charge in [-0.2, -0.15) is 0 Å². The Hall–Kier alpha value is -1.26. The summed E-state index contributed by atoms with van der Waals surface area (Å²) < 4.78 is 16.2. The number of nitrogens with two attached hydrogens (primary N) is 1. The second-order valence-corrected chi connectivity index (χ2v) is 7.89. The zero-order chi connectivity index (χ0) is 23.0. The van der Waals surface area contributed by atoms with Gasteiger partial charge in [-0.15, -0.1) is 0 Å². The van der Waals surface area contributed by atoms with E-state index in [9.17, 15) is 40.9 Å². The van der Waals surface area contributed by atoms with Crippen LogP contribution in [0.4, 0.5) is 0 Å². The van der Waals surface area contributed by atoms with Crippen molar-refractivity contribution in [3.05, 3.63) is 35.9 Å². The van der Waals surface area contributed by atoms with Gasteiger partial charge in [-0.1, -0.05) is 30.3 Å². The zero-order valence-corrected chi connectivity index (χ0v) is 16.5. The molecule has 1 aromatic rings. The molecular formula is C19H29NO11. The van der Waals surface area contributed by atoms with Crippen LogP contribution in [-0.4, -0.2) is 115 Å². The second kappa shape index (κ2) is 9.31. The molecule has 0 spiro atoms. The van der Waals surface area contributed by atoms with E-state index in [2.05, 4.69) is 0 Å². The Labute approximate surface area is 177 Å². The van der Waals surface area contributed by atoms with Crippen molar-refractivity contribution in [1.82, 2.24) is 0 Å². The van der Waals surface area contributed by atoms with Crippen LogP contribution in [0.3, 0.4) is 0 Å². The van der Waals surface area contributed by atoms with E-state index in [0.29, 0.717) is 5.56 Å². The van der Waals surface area contributed by atoms with Gasteiger partial charge < -0.3 is 55.1 Å². The topological polar surface area (TPSA) is 216 Å². The smallest absolute Gasteiger partial charge is 0.187 e. The van der Waals surface area contributed by atoms with Crippen molar-refractivity contribution in [2.45, 2.75) is 67.0 Å². The number of hydrogen-bond donors (Lipinski definition) is 9. The summed E-state index contributed by atoms with van der Waals surface area (Å²) in [5.41, 5.74) is 1.82. The maximum atomic E-state index is 10.8. The predicted molar refractivity (Wildman–Crippen MR) is 101 cm³/mol. The van der Waals surface area contributed by atoms with E-state index in [1.54, 1.807) is 30.3 Å². The Morgan fingerprint density at radius 3 is 2.19 bits per heavy atom. The molecule has 0 radical (unpaired) electrons. The first-order valence-corrected chi connectivity index (χ1v) is 9.74. The van der Waals surface area contributed by atoms with Crippen molar-refractivity contribution in [2.24, 2.45) is 5.73 Å². The molecule has 2 aliphatic heterocycles. The SMILES string of the molecule is N[C@@]1(O)[C@@H](O)[C@@H](O)[C@@H](O[C@H]2[C@H](O)[C@@H](O)[C@H](O)O[C@@H]2CO)O[C@@]1(CO)Cc1ccccc1. The molecule has 10 atom stereocenters. The number of rotatable bonds is 6. The molecule has 12 heteroatoms. The van der Waals surface area contributed by atoms with E-state index in [-0.39, 0.29) is 6.42 Å². The fourth-order valence-electron chi connectivity index (χ4n) is 3.89. The van der Waals surface area contributed by atoms with Crippen molar-refractivity contribution < 1.29 is 55.1 Å². The van der Waals surface area contributed by atoms with Crippen molar-refractivity contribution in [2.75, 3.05) is 13.2 Å². The number of aliphatic hydroxyl groups excluding tert-OH is 7. The summed E-state index contributed by atoms with van der Waals surface area (Å²) in [6, 6.07) is 8.48. The van der Waals surface area contributed by atoms with Crippen LogP contribution in [0.25, 0.3) is 0 Å². The van der Waals surface area contributed by atoms with E-state index >= 15 is 0 Å². The van der Waals surface area contributed by atoms with E-state index < -0.39 is 73.7 Å². The molecule has 0 aromatic heterocycles. The lowest BCUT2D eigenvalue weighted by atomic mass is 9.77. The van der Waals surface area contributed by atoms with E-state index in [1.165, 1.54) is 0 Å². The molecule has 1 aromatic carbocycles. The van der Waals surface area contributed by atoms with Crippen LogP contribution in [0.1, 0.15) is 5.56 Å². The molecule has 2 saturated heterocycles. The zero-order valence-electron chi connectivity index (χ0n) is 16.5. The lowest BCUT2D eigenvalue weighted by molar-refractivity contribution is -0.394. The Bertz CT molecular complexity index is 720. The van der Waals surface area contributed by atoms with Gasteiger partial charge in [0.15, 0.2) is 18.3 Å². The van der Waals surface area contributed by atoms with Crippen LogP contribution in [0.15, 0.2) is 30.3 Å². The van der Waals surface area contributed by atoms with E-state index in [1.807, 2.05) is 0 Å². The van der Waals surface area contributed by atoms with Crippen molar-refractivity contribution in [3.8, 4) is 0 Å². The quantitative estimate of drug-likeness (QED) is 0.189. The third kappa shape index (κ3) is 4.35. The number of aliphatic hydroxyl groups is 8. The molecule has 2 aliphatic rings. The van der Waals surface area contributed by atoms with Crippen LogP contribution in [0.2, 0.25) is 0 Å². The van der Waals surface area contributed by atoms with Gasteiger partial charge in [-0.25, -0.2) is 0 Å². The number of hydrogen-bond acceptors (Lipinski definition) is 12. The van der Waals surface area contributed by atoms with Crippen molar-refractivity contribution in [3.63, 3.8) is 0 Å². The second-order valence-electron chi connectivity index (χ2n) is 7.89. The predicted octanol–water partition coefficient (Wildman–Crippen LogP) is -4.50. The van der Waals surface area contributed by atoms with Gasteiger partial charge in [0.2, 0.25) is 0 Å². The van der Waals surface area contributed by atoms with Crippen LogP contribution in [-0.2, 0) is 20.6 Å². The monoisotopic (exact) mass is 447 g/mol. The molecule has 2 heterocycles. The minimum atomic E-state index is -2.61. The maximum absolute atomic E-state index is 10.8. The molecule has 3 rings (SSSR count). The highest BCUT2D eigenvalue weighted by atomic mass is 16.7. The van der Waals surface area contributed by atoms with Gasteiger partial charge in [0.1, 0.15) is 42.2 Å². The molecule has 0 amide bonds. The molecule has 12 nitrogen and oxygen atoms in total.